The minimum atomic E-state index is -0.318. The molecule has 0 saturated carbocycles. The second-order valence-electron chi connectivity index (χ2n) is 6.04. The Bertz CT molecular complexity index is 547. The Kier molecular flexibility index (Phi) is 3.70. The Labute approximate surface area is 118 Å². The number of hydrogen-bond acceptors (Lipinski definition) is 3. The van der Waals surface area contributed by atoms with E-state index >= 15 is 0 Å². The maximum atomic E-state index is 12.0. The van der Waals surface area contributed by atoms with Gasteiger partial charge in [0.05, 0.1) is 5.69 Å². The lowest BCUT2D eigenvalue weighted by Crippen LogP contribution is -2.49. The number of nitrogens with one attached hydrogen (secondary N) is 1. The van der Waals surface area contributed by atoms with Gasteiger partial charge in [-0.05, 0) is 45.4 Å². The van der Waals surface area contributed by atoms with Crippen molar-refractivity contribution in [3.63, 3.8) is 0 Å². The van der Waals surface area contributed by atoms with Crippen LogP contribution in [-0.4, -0.2) is 30.5 Å². The van der Waals surface area contributed by atoms with Crippen LogP contribution in [0, 0.1) is 6.92 Å². The number of carbonyl (C=O) groups excluding carboxylic acids is 2. The summed E-state index contributed by atoms with van der Waals surface area (Å²) in [6.07, 6.45) is 0. The molecule has 0 fully saturated rings. The number of benzene rings is 1. The first-order valence-corrected chi connectivity index (χ1v) is 6.61. The van der Waals surface area contributed by atoms with E-state index in [9.17, 15) is 9.59 Å². The van der Waals surface area contributed by atoms with Crippen molar-refractivity contribution in [2.75, 3.05) is 18.1 Å². The quantitative estimate of drug-likeness (QED) is 0.893. The number of nitrogens with zero attached hydrogens (tertiary/aromatic N) is 1. The molecule has 0 atom stereocenters. The van der Waals surface area contributed by atoms with Crippen LogP contribution in [0.1, 0.15) is 26.3 Å². The van der Waals surface area contributed by atoms with Gasteiger partial charge >= 0.3 is 0 Å². The van der Waals surface area contributed by atoms with Gasteiger partial charge in [0.25, 0.3) is 5.91 Å². The van der Waals surface area contributed by atoms with E-state index in [1.165, 1.54) is 4.90 Å². The third-order valence-corrected chi connectivity index (χ3v) is 2.87. The van der Waals surface area contributed by atoms with Gasteiger partial charge in [-0.2, -0.15) is 0 Å². The van der Waals surface area contributed by atoms with Crippen LogP contribution in [0.4, 0.5) is 5.69 Å². The molecule has 1 aromatic rings. The Hall–Kier alpha value is -2.04. The summed E-state index contributed by atoms with van der Waals surface area (Å²) < 4.78 is 5.38. The second kappa shape index (κ2) is 5.15. The van der Waals surface area contributed by atoms with Gasteiger partial charge in [-0.25, -0.2) is 0 Å². The predicted octanol–water partition coefficient (Wildman–Crippen LogP) is 1.64. The lowest BCUT2D eigenvalue weighted by atomic mass is 10.1. The average molecular weight is 276 g/mol. The van der Waals surface area contributed by atoms with Crippen molar-refractivity contribution in [1.82, 2.24) is 5.32 Å². The van der Waals surface area contributed by atoms with E-state index in [1.54, 1.807) is 0 Å². The highest BCUT2D eigenvalue weighted by Crippen LogP contribution is 2.32. The van der Waals surface area contributed by atoms with Gasteiger partial charge in [0, 0.05) is 5.54 Å². The maximum absolute atomic E-state index is 12.0. The monoisotopic (exact) mass is 276 g/mol. The molecule has 0 spiro atoms. The molecule has 0 unspecified atom stereocenters. The zero-order chi connectivity index (χ0) is 14.9. The van der Waals surface area contributed by atoms with E-state index in [4.69, 9.17) is 4.74 Å². The standard InChI is InChI=1S/C15H20N2O3/c1-10-5-6-12-11(7-10)17(14(19)9-20-12)8-13(18)16-15(2,3)4/h5-7H,8-9H2,1-4H3,(H,16,18). The van der Waals surface area contributed by atoms with E-state index in [0.29, 0.717) is 11.4 Å². The Balaban J connectivity index is 2.21. The third-order valence-electron chi connectivity index (χ3n) is 2.87. The van der Waals surface area contributed by atoms with Crippen LogP contribution < -0.4 is 15.0 Å². The Morgan fingerprint density at radius 2 is 2.10 bits per heavy atom. The van der Waals surface area contributed by atoms with Gasteiger partial charge in [-0.3, -0.25) is 14.5 Å². The number of rotatable bonds is 2. The molecular formula is C15H20N2O3. The normalized spacial score (nSPS) is 14.6. The molecule has 20 heavy (non-hydrogen) atoms. The number of aryl methyl sites for hydroxylation is 1. The summed E-state index contributed by atoms with van der Waals surface area (Å²) in [7, 11) is 0. The molecule has 2 rings (SSSR count). The summed E-state index contributed by atoms with van der Waals surface area (Å²) >= 11 is 0. The maximum Gasteiger partial charge on any atom is 0.265 e. The Morgan fingerprint density at radius 3 is 2.75 bits per heavy atom. The predicted molar refractivity (Wildman–Crippen MR) is 76.9 cm³/mol. The molecule has 5 heteroatoms. The van der Waals surface area contributed by atoms with E-state index in [0.717, 1.165) is 5.56 Å². The van der Waals surface area contributed by atoms with E-state index < -0.39 is 0 Å². The van der Waals surface area contributed by atoms with Gasteiger partial charge in [0.15, 0.2) is 6.61 Å². The minimum absolute atomic E-state index is 0.00984. The van der Waals surface area contributed by atoms with E-state index in [2.05, 4.69) is 5.32 Å². The highest BCUT2D eigenvalue weighted by molar-refractivity contribution is 6.02. The zero-order valence-electron chi connectivity index (χ0n) is 12.3. The molecule has 108 valence electrons. The summed E-state index contributed by atoms with van der Waals surface area (Å²) in [5.41, 5.74) is 1.36. The number of amides is 2. The number of anilines is 1. The van der Waals surface area contributed by atoms with Crippen LogP contribution >= 0.6 is 0 Å². The molecule has 2 amide bonds. The molecule has 1 aromatic carbocycles. The molecule has 0 aliphatic carbocycles. The summed E-state index contributed by atoms with van der Waals surface area (Å²) in [4.78, 5) is 25.5. The molecule has 0 saturated heterocycles. The number of ether oxygens (including phenoxy) is 1. The summed E-state index contributed by atoms with van der Waals surface area (Å²) in [6.45, 7) is 7.64. The molecule has 1 aliphatic rings. The molecule has 5 nitrogen and oxygen atoms in total. The Morgan fingerprint density at radius 1 is 1.40 bits per heavy atom. The largest absolute Gasteiger partial charge is 0.482 e. The lowest BCUT2D eigenvalue weighted by molar-refractivity contribution is -0.126. The summed E-state index contributed by atoms with van der Waals surface area (Å²) in [5.74, 6) is 0.256. The van der Waals surface area contributed by atoms with Crippen LogP contribution in [0.3, 0.4) is 0 Å². The van der Waals surface area contributed by atoms with Crippen molar-refractivity contribution < 1.29 is 14.3 Å². The van der Waals surface area contributed by atoms with Crippen molar-refractivity contribution in [2.45, 2.75) is 33.2 Å². The molecule has 0 radical (unpaired) electrons. The molecule has 1 N–H and O–H groups in total. The molecule has 1 aliphatic heterocycles. The smallest absolute Gasteiger partial charge is 0.265 e. The summed E-state index contributed by atoms with van der Waals surface area (Å²) in [5, 5.41) is 2.86. The van der Waals surface area contributed by atoms with Gasteiger partial charge in [-0.1, -0.05) is 6.07 Å². The fourth-order valence-corrected chi connectivity index (χ4v) is 2.09. The van der Waals surface area contributed by atoms with Crippen LogP contribution in [0.15, 0.2) is 18.2 Å². The van der Waals surface area contributed by atoms with Gasteiger partial charge in [0.2, 0.25) is 5.91 Å². The van der Waals surface area contributed by atoms with Crippen molar-refractivity contribution in [3.05, 3.63) is 23.8 Å². The van der Waals surface area contributed by atoms with Gasteiger partial charge in [0.1, 0.15) is 12.3 Å². The van der Waals surface area contributed by atoms with Crippen molar-refractivity contribution in [1.29, 1.82) is 0 Å². The second-order valence-corrected chi connectivity index (χ2v) is 6.04. The van der Waals surface area contributed by atoms with Gasteiger partial charge < -0.3 is 10.1 Å². The first kappa shape index (κ1) is 14.4. The minimum Gasteiger partial charge on any atom is -0.482 e. The first-order valence-electron chi connectivity index (χ1n) is 6.61. The number of hydrogen-bond donors (Lipinski definition) is 1. The SMILES string of the molecule is Cc1ccc2c(c1)N(CC(=O)NC(C)(C)C)C(=O)CO2. The third kappa shape index (κ3) is 3.29. The van der Waals surface area contributed by atoms with Crippen LogP contribution in [0.25, 0.3) is 0 Å². The van der Waals surface area contributed by atoms with Crippen LogP contribution in [0.2, 0.25) is 0 Å². The van der Waals surface area contributed by atoms with Crippen molar-refractivity contribution in [3.8, 4) is 5.75 Å². The molecule has 1 heterocycles. The molecule has 0 aromatic heterocycles. The van der Waals surface area contributed by atoms with E-state index in [-0.39, 0.29) is 30.5 Å². The van der Waals surface area contributed by atoms with Gasteiger partial charge in [-0.15, -0.1) is 0 Å². The highest BCUT2D eigenvalue weighted by Gasteiger charge is 2.28. The van der Waals surface area contributed by atoms with Crippen molar-refractivity contribution >= 4 is 17.5 Å². The fraction of sp³-hybridized carbons (Fsp3) is 0.467. The van der Waals surface area contributed by atoms with E-state index in [1.807, 2.05) is 45.9 Å². The lowest BCUT2D eigenvalue weighted by Gasteiger charge is -2.30. The summed E-state index contributed by atoms with van der Waals surface area (Å²) in [6, 6.07) is 5.60. The fourth-order valence-electron chi connectivity index (χ4n) is 2.09. The number of carbonyl (C=O) groups is 2. The van der Waals surface area contributed by atoms with Crippen molar-refractivity contribution in [2.24, 2.45) is 0 Å². The van der Waals surface area contributed by atoms with Crippen LogP contribution in [-0.2, 0) is 9.59 Å². The molecular weight excluding hydrogens is 256 g/mol. The molecule has 0 bridgehead atoms. The zero-order valence-corrected chi connectivity index (χ0v) is 12.3. The topological polar surface area (TPSA) is 58.6 Å². The average Bonchev–Trinajstić information content (AvgIpc) is 2.31. The highest BCUT2D eigenvalue weighted by atomic mass is 16.5. The number of fused-ring (bicyclic) bond motifs is 1. The van der Waals surface area contributed by atoms with Crippen LogP contribution in [0.5, 0.6) is 5.75 Å². The first-order chi connectivity index (χ1) is 9.26.